The van der Waals surface area contributed by atoms with Gasteiger partial charge in [-0.05, 0) is 85.1 Å². The summed E-state index contributed by atoms with van der Waals surface area (Å²) in [6, 6.07) is 22.2. The van der Waals surface area contributed by atoms with Gasteiger partial charge in [-0.25, -0.2) is 19.2 Å². The fourth-order valence-corrected chi connectivity index (χ4v) is 8.83. The maximum Gasteiger partial charge on any atom is 0.336 e. The fraction of sp³-hybridized carbons (Fsp3) is 0.263. The van der Waals surface area contributed by atoms with Crippen molar-refractivity contribution >= 4 is 93.4 Å². The number of phenolic OH excluding ortho intramolecular Hbond substituents is 1. The Balaban J connectivity index is 1.000. The van der Waals surface area contributed by atoms with Gasteiger partial charge in [0.1, 0.15) is 47.3 Å². The van der Waals surface area contributed by atoms with Crippen LogP contribution in [0.25, 0.3) is 33.4 Å². The number of rotatable bonds is 28. The molecule has 14 N–H and O–H groups in total. The number of benzene rings is 5. The molecule has 1 aliphatic carbocycles. The van der Waals surface area contributed by atoms with Crippen molar-refractivity contribution in [1.82, 2.24) is 42.5 Å². The Morgan fingerprint density at radius 2 is 1.17 bits per heavy atom. The molecule has 84 heavy (non-hydrogen) atoms. The third kappa shape index (κ3) is 18.6. The molecular formula is C57H59N9O17S. The number of aliphatic carboxylic acids is 3. The van der Waals surface area contributed by atoms with Crippen LogP contribution in [0, 0.1) is 0 Å². The molecule has 2 aliphatic rings. The summed E-state index contributed by atoms with van der Waals surface area (Å²) in [5, 5.41) is 71.5. The maximum atomic E-state index is 13.9. The highest BCUT2D eigenvalue weighted by atomic mass is 32.1. The van der Waals surface area contributed by atoms with Crippen molar-refractivity contribution in [3.05, 3.63) is 142 Å². The van der Waals surface area contributed by atoms with Crippen LogP contribution in [0.5, 0.6) is 5.75 Å². The lowest BCUT2D eigenvalue weighted by Crippen LogP contribution is -2.54. The number of hydrogen-bond donors (Lipinski definition) is 14. The van der Waals surface area contributed by atoms with Gasteiger partial charge in [0.25, 0.3) is 0 Å². The van der Waals surface area contributed by atoms with E-state index in [9.17, 15) is 73.2 Å². The second kappa shape index (κ2) is 29.9. The number of carbonyl (C=O) groups is 10. The lowest BCUT2D eigenvalue weighted by molar-refractivity contribution is -0.141. The summed E-state index contributed by atoms with van der Waals surface area (Å²) in [7, 11) is 0. The first-order chi connectivity index (χ1) is 40.0. The first-order valence-electron chi connectivity index (χ1n) is 25.9. The Hall–Kier alpha value is -10.4. The number of aromatic carboxylic acids is 1. The summed E-state index contributed by atoms with van der Waals surface area (Å²) in [6.45, 7) is 0.569. The number of carboxylic acids is 4. The predicted molar refractivity (Wildman–Crippen MR) is 306 cm³/mol. The van der Waals surface area contributed by atoms with Gasteiger partial charge in [0.2, 0.25) is 29.5 Å². The molecule has 440 valence electrons. The zero-order valence-electron chi connectivity index (χ0n) is 44.8. The molecule has 6 rings (SSSR count). The molecule has 0 unspecified atom stereocenters. The molecule has 7 amide bonds. The smallest absolute Gasteiger partial charge is 0.336 e. The Bertz CT molecular complexity index is 3470. The molecule has 4 aromatic rings. The summed E-state index contributed by atoms with van der Waals surface area (Å²) in [5.41, 5.74) is 2.41. The predicted octanol–water partition coefficient (Wildman–Crippen LogP) is 2.30. The Labute approximate surface area is 483 Å². The number of carbonyl (C=O) groups excluding carboxylic acids is 6. The molecular weight excluding hydrogens is 1110 g/mol. The van der Waals surface area contributed by atoms with Crippen LogP contribution in [0.15, 0.2) is 124 Å². The fourth-order valence-electron chi connectivity index (χ4n) is 8.57. The molecule has 4 aromatic carbocycles. The number of phenols is 1. The molecule has 5 atom stereocenters. The summed E-state index contributed by atoms with van der Waals surface area (Å²) < 4.78 is 5.92. The van der Waals surface area contributed by atoms with Crippen molar-refractivity contribution in [3.63, 3.8) is 0 Å². The third-order valence-electron chi connectivity index (χ3n) is 12.7. The number of urea groups is 1. The standard InChI is InChI=1S/C57H59N9O17S/c1-30(50(73)60-29-47(70)58-22-23-59-51(74)42(24-31-8-4-2-5-9-31)63-46(69)20-18-40(54(78)79)64-56(82)65-41(55(80)81)19-21-48(71)72)61-52(75)43(25-32-10-6-3-7-11-32)66-57(84)62-33-12-15-36(39(26-33)53(76)77)49-37-16-13-34(67)27-44(37)83-45-28-35(68)14-17-38(45)49/h2-17,26-28,30,40-43,67H,18-25,29H2,1H3,(H,58,70)(H,59,74)(H,60,73)(H,61,75)(H,63,69)(H,71,72)(H,76,77)(H,78,79)(H,80,81)(H2,62,66,84)(H2,64,65,82)/t30-,40-,41-,42-,43-/m0/s1. The summed E-state index contributed by atoms with van der Waals surface area (Å²) >= 11 is 5.61. The van der Waals surface area contributed by atoms with Crippen molar-refractivity contribution in [2.24, 2.45) is 0 Å². The SMILES string of the molecule is C[C@H](NC(=O)[C@H](Cc1ccccc1)NC(=S)Nc1ccc(-c2c3ccc(=O)cc-3oc3cc(O)ccc23)c(C(=O)O)c1)C(=O)NCC(=O)NCCNC(=O)[C@H](Cc1ccccc1)NC(=O)CC[C@H](NC(=O)N[C@@H](CCC(=O)O)C(=O)O)C(=O)O. The van der Waals surface area contributed by atoms with Gasteiger partial charge in [0, 0.05) is 73.1 Å². The minimum Gasteiger partial charge on any atom is -0.508 e. The molecule has 0 aromatic heterocycles. The maximum absolute atomic E-state index is 13.9. The van der Waals surface area contributed by atoms with Gasteiger partial charge in [-0.3, -0.25) is 33.6 Å². The molecule has 0 bridgehead atoms. The Kier molecular flexibility index (Phi) is 22.3. The number of anilines is 1. The van der Waals surface area contributed by atoms with E-state index in [4.69, 9.17) is 21.7 Å². The van der Waals surface area contributed by atoms with E-state index in [1.807, 2.05) is 10.6 Å². The number of fused-ring (bicyclic) bond motifs is 2. The molecule has 26 nitrogen and oxygen atoms in total. The van der Waals surface area contributed by atoms with Crippen LogP contribution in [-0.2, 0) is 51.2 Å². The summed E-state index contributed by atoms with van der Waals surface area (Å²) in [6.07, 6.45) is -2.01. The van der Waals surface area contributed by atoms with E-state index in [1.54, 1.807) is 78.9 Å². The van der Waals surface area contributed by atoms with Crippen molar-refractivity contribution in [2.45, 2.75) is 75.7 Å². The highest BCUT2D eigenvalue weighted by molar-refractivity contribution is 7.80. The van der Waals surface area contributed by atoms with E-state index in [1.165, 1.54) is 43.3 Å². The van der Waals surface area contributed by atoms with Crippen molar-refractivity contribution < 1.29 is 77.9 Å². The van der Waals surface area contributed by atoms with Crippen molar-refractivity contribution in [2.75, 3.05) is 25.0 Å². The molecule has 0 saturated heterocycles. The van der Waals surface area contributed by atoms with Crippen LogP contribution in [0.3, 0.4) is 0 Å². The molecule has 27 heteroatoms. The number of nitrogens with one attached hydrogen (secondary N) is 9. The first-order valence-corrected chi connectivity index (χ1v) is 26.3. The van der Waals surface area contributed by atoms with Crippen LogP contribution >= 0.6 is 12.2 Å². The highest BCUT2D eigenvalue weighted by Crippen LogP contribution is 2.42. The zero-order valence-corrected chi connectivity index (χ0v) is 45.6. The van der Waals surface area contributed by atoms with E-state index in [0.717, 1.165) is 0 Å². The molecule has 0 spiro atoms. The molecule has 0 fully saturated rings. The van der Waals surface area contributed by atoms with Crippen LogP contribution in [-0.4, -0.2) is 140 Å². The summed E-state index contributed by atoms with van der Waals surface area (Å²) in [4.78, 5) is 138. The highest BCUT2D eigenvalue weighted by Gasteiger charge is 2.29. The molecule has 0 radical (unpaired) electrons. The van der Waals surface area contributed by atoms with Crippen molar-refractivity contribution in [1.29, 1.82) is 0 Å². The lowest BCUT2D eigenvalue weighted by atomic mass is 9.90. The zero-order chi connectivity index (χ0) is 61.0. The van der Waals surface area contributed by atoms with Crippen LogP contribution in [0.4, 0.5) is 10.5 Å². The van der Waals surface area contributed by atoms with Crippen LogP contribution in [0.1, 0.15) is 54.1 Å². The van der Waals surface area contributed by atoms with E-state index in [0.29, 0.717) is 27.6 Å². The van der Waals surface area contributed by atoms with Gasteiger partial charge in [-0.15, -0.1) is 0 Å². The van der Waals surface area contributed by atoms with Gasteiger partial charge >= 0.3 is 29.9 Å². The van der Waals surface area contributed by atoms with Gasteiger partial charge in [-0.1, -0.05) is 66.7 Å². The molecule has 1 heterocycles. The van der Waals surface area contributed by atoms with Gasteiger partial charge in [0.15, 0.2) is 10.5 Å². The normalized spacial score (nSPS) is 12.6. The average Bonchev–Trinajstić information content (AvgIpc) is 1.15. The van der Waals surface area contributed by atoms with E-state index < -0.39 is 122 Å². The number of carboxylic acid groups (broad SMARTS) is 4. The average molecular weight is 1170 g/mol. The molecule has 1 aliphatic heterocycles. The van der Waals surface area contributed by atoms with Gasteiger partial charge in [0.05, 0.1) is 12.1 Å². The van der Waals surface area contributed by atoms with E-state index >= 15 is 0 Å². The Morgan fingerprint density at radius 3 is 1.77 bits per heavy atom. The number of amides is 7. The minimum absolute atomic E-state index is 0.0104. The lowest BCUT2D eigenvalue weighted by Gasteiger charge is -2.23. The minimum atomic E-state index is -1.69. The first kappa shape index (κ1) is 62.8. The van der Waals surface area contributed by atoms with Crippen LogP contribution < -0.4 is 53.3 Å². The van der Waals surface area contributed by atoms with E-state index in [2.05, 4.69) is 37.2 Å². The quantitative estimate of drug-likeness (QED) is 0.0190. The molecule has 0 saturated carbocycles. The third-order valence-corrected chi connectivity index (χ3v) is 12.9. The number of hydrogen-bond acceptors (Lipinski definition) is 14. The Morgan fingerprint density at radius 1 is 0.571 bits per heavy atom. The van der Waals surface area contributed by atoms with Gasteiger partial charge < -0.3 is 77.8 Å². The topological polar surface area (TPSA) is 410 Å². The van der Waals surface area contributed by atoms with Gasteiger partial charge in [-0.2, -0.15) is 0 Å². The monoisotopic (exact) mass is 1170 g/mol. The van der Waals surface area contributed by atoms with Crippen LogP contribution in [0.2, 0.25) is 0 Å². The second-order valence-corrected chi connectivity index (χ2v) is 19.4. The van der Waals surface area contributed by atoms with Crippen molar-refractivity contribution in [3.8, 4) is 28.2 Å². The van der Waals surface area contributed by atoms with E-state index in [-0.39, 0.29) is 70.4 Å². The summed E-state index contributed by atoms with van der Waals surface area (Å²) in [5.74, 6) is -9.22. The number of aromatic hydroxyl groups is 1. The largest absolute Gasteiger partial charge is 0.508 e. The number of thiocarbonyl (C=S) groups is 1. The second-order valence-electron chi connectivity index (χ2n) is 19.0.